The number of benzene rings is 2. The Morgan fingerprint density at radius 2 is 1.70 bits per heavy atom. The average molecular weight is 365 g/mol. The fraction of sp³-hybridized carbons (Fsp3) is 0.273. The normalized spacial score (nSPS) is 13.4. The van der Waals surface area contributed by atoms with Gasteiger partial charge in [-0.3, -0.25) is 4.79 Å². The number of methoxy groups -OCH3 is 2. The highest BCUT2D eigenvalue weighted by molar-refractivity contribution is 5.93. The van der Waals surface area contributed by atoms with E-state index in [0.717, 1.165) is 29.7 Å². The molecule has 0 atom stereocenters. The fourth-order valence-electron chi connectivity index (χ4n) is 2.81. The lowest BCUT2D eigenvalue weighted by Gasteiger charge is -2.21. The van der Waals surface area contributed by atoms with Crippen LogP contribution in [-0.2, 0) is 16.1 Å². The van der Waals surface area contributed by atoms with Crippen LogP contribution in [0.25, 0.3) is 6.08 Å². The van der Waals surface area contributed by atoms with E-state index in [0.29, 0.717) is 18.2 Å². The Kier molecular flexibility index (Phi) is 5.91. The molecule has 3 rings (SSSR count). The van der Waals surface area contributed by atoms with Crippen LogP contribution < -0.4 is 4.74 Å². The number of rotatable bonds is 7. The summed E-state index contributed by atoms with van der Waals surface area (Å²) in [5.74, 6) is 0.421. The Labute approximate surface area is 159 Å². The van der Waals surface area contributed by atoms with Crippen LogP contribution in [0.2, 0.25) is 0 Å². The van der Waals surface area contributed by atoms with E-state index >= 15 is 0 Å². The molecule has 1 saturated carbocycles. The van der Waals surface area contributed by atoms with Gasteiger partial charge in [-0.2, -0.15) is 0 Å². The van der Waals surface area contributed by atoms with Crippen LogP contribution in [-0.4, -0.2) is 37.0 Å². The first-order valence-corrected chi connectivity index (χ1v) is 8.90. The Hall–Kier alpha value is -3.08. The van der Waals surface area contributed by atoms with Gasteiger partial charge < -0.3 is 14.4 Å². The lowest BCUT2D eigenvalue weighted by Crippen LogP contribution is -2.31. The summed E-state index contributed by atoms with van der Waals surface area (Å²) >= 11 is 0. The van der Waals surface area contributed by atoms with Gasteiger partial charge in [-0.1, -0.05) is 24.3 Å². The standard InChI is InChI=1S/C22H23NO4/c1-26-20-12-5-17(6-13-20)15-23(19-10-11-19)21(24)14-7-16-3-8-18(9-4-16)22(25)27-2/h3-9,12-14,19H,10-11,15H2,1-2H3/b14-7+. The van der Waals surface area contributed by atoms with E-state index in [2.05, 4.69) is 4.74 Å². The zero-order valence-corrected chi connectivity index (χ0v) is 15.6. The van der Waals surface area contributed by atoms with E-state index < -0.39 is 0 Å². The van der Waals surface area contributed by atoms with Crippen molar-refractivity contribution in [3.63, 3.8) is 0 Å². The Balaban J connectivity index is 1.66. The summed E-state index contributed by atoms with van der Waals surface area (Å²) in [5, 5.41) is 0. The van der Waals surface area contributed by atoms with E-state index in [1.165, 1.54) is 7.11 Å². The molecule has 140 valence electrons. The lowest BCUT2D eigenvalue weighted by atomic mass is 10.1. The number of hydrogen-bond donors (Lipinski definition) is 0. The van der Waals surface area contributed by atoms with Gasteiger partial charge in [0.2, 0.25) is 5.91 Å². The van der Waals surface area contributed by atoms with Crippen LogP contribution in [0.15, 0.2) is 54.6 Å². The van der Waals surface area contributed by atoms with Gasteiger partial charge >= 0.3 is 5.97 Å². The topological polar surface area (TPSA) is 55.8 Å². The van der Waals surface area contributed by atoms with Gasteiger partial charge in [0.1, 0.15) is 5.75 Å². The van der Waals surface area contributed by atoms with Gasteiger partial charge in [0.05, 0.1) is 19.8 Å². The van der Waals surface area contributed by atoms with Crippen molar-refractivity contribution in [3.05, 3.63) is 71.3 Å². The molecule has 1 fully saturated rings. The number of nitrogens with zero attached hydrogens (tertiary/aromatic N) is 1. The first-order chi connectivity index (χ1) is 13.1. The fourth-order valence-corrected chi connectivity index (χ4v) is 2.81. The largest absolute Gasteiger partial charge is 0.497 e. The van der Waals surface area contributed by atoms with E-state index in [-0.39, 0.29) is 11.9 Å². The molecular weight excluding hydrogens is 342 g/mol. The van der Waals surface area contributed by atoms with Gasteiger partial charge in [0.25, 0.3) is 0 Å². The molecule has 0 heterocycles. The number of carbonyl (C=O) groups is 2. The van der Waals surface area contributed by atoms with E-state index in [9.17, 15) is 9.59 Å². The first kappa shape index (κ1) is 18.7. The molecule has 1 aliphatic carbocycles. The van der Waals surface area contributed by atoms with Crippen LogP contribution >= 0.6 is 0 Å². The molecule has 0 aliphatic heterocycles. The zero-order chi connectivity index (χ0) is 19.2. The van der Waals surface area contributed by atoms with Crippen molar-refractivity contribution in [2.24, 2.45) is 0 Å². The second kappa shape index (κ2) is 8.54. The Morgan fingerprint density at radius 1 is 1.04 bits per heavy atom. The summed E-state index contributed by atoms with van der Waals surface area (Å²) in [6, 6.07) is 15.0. The van der Waals surface area contributed by atoms with Crippen molar-refractivity contribution in [3.8, 4) is 5.75 Å². The Bertz CT molecular complexity index is 820. The molecule has 1 amide bonds. The minimum Gasteiger partial charge on any atom is -0.497 e. The molecule has 0 radical (unpaired) electrons. The minimum atomic E-state index is -0.374. The summed E-state index contributed by atoms with van der Waals surface area (Å²) in [6.45, 7) is 0.582. The molecular formula is C22H23NO4. The molecule has 5 heteroatoms. The highest BCUT2D eigenvalue weighted by atomic mass is 16.5. The third kappa shape index (κ3) is 4.97. The first-order valence-electron chi connectivity index (χ1n) is 8.90. The SMILES string of the molecule is COC(=O)c1ccc(/C=C/C(=O)N(Cc2ccc(OC)cc2)C2CC2)cc1. The number of amides is 1. The lowest BCUT2D eigenvalue weighted by molar-refractivity contribution is -0.127. The second-order valence-electron chi connectivity index (χ2n) is 6.49. The van der Waals surface area contributed by atoms with E-state index in [1.807, 2.05) is 29.2 Å². The molecule has 5 nitrogen and oxygen atoms in total. The molecule has 1 aliphatic rings. The van der Waals surface area contributed by atoms with Crippen molar-refractivity contribution in [1.82, 2.24) is 4.90 Å². The molecule has 0 unspecified atom stereocenters. The number of carbonyl (C=O) groups excluding carboxylic acids is 2. The van der Waals surface area contributed by atoms with Crippen LogP contribution in [0.1, 0.15) is 34.3 Å². The van der Waals surface area contributed by atoms with Crippen molar-refractivity contribution in [2.75, 3.05) is 14.2 Å². The van der Waals surface area contributed by atoms with Crippen LogP contribution in [0.4, 0.5) is 0 Å². The monoisotopic (exact) mass is 365 g/mol. The van der Waals surface area contributed by atoms with E-state index in [4.69, 9.17) is 4.74 Å². The summed E-state index contributed by atoms with van der Waals surface area (Å²) in [7, 11) is 2.99. The van der Waals surface area contributed by atoms with Gasteiger partial charge in [-0.05, 0) is 54.3 Å². The van der Waals surface area contributed by atoms with Crippen molar-refractivity contribution in [1.29, 1.82) is 0 Å². The molecule has 0 saturated heterocycles. The Morgan fingerprint density at radius 3 is 2.26 bits per heavy atom. The van der Waals surface area contributed by atoms with Gasteiger partial charge in [0, 0.05) is 18.7 Å². The molecule has 0 spiro atoms. The van der Waals surface area contributed by atoms with Crippen molar-refractivity contribution in [2.45, 2.75) is 25.4 Å². The minimum absolute atomic E-state index is 0.00892. The predicted molar refractivity (Wildman–Crippen MR) is 103 cm³/mol. The molecule has 0 bridgehead atoms. The molecule has 0 aromatic heterocycles. The van der Waals surface area contributed by atoms with Crippen molar-refractivity contribution < 1.29 is 19.1 Å². The maximum atomic E-state index is 12.7. The van der Waals surface area contributed by atoms with Gasteiger partial charge in [-0.15, -0.1) is 0 Å². The average Bonchev–Trinajstić information content (AvgIpc) is 3.55. The molecule has 2 aromatic carbocycles. The summed E-state index contributed by atoms with van der Waals surface area (Å²) < 4.78 is 9.86. The predicted octanol–water partition coefficient (Wildman–Crippen LogP) is 3.69. The summed E-state index contributed by atoms with van der Waals surface area (Å²) in [5.41, 5.74) is 2.42. The summed E-state index contributed by atoms with van der Waals surface area (Å²) in [6.07, 6.45) is 5.45. The molecule has 0 N–H and O–H groups in total. The summed E-state index contributed by atoms with van der Waals surface area (Å²) in [4.78, 5) is 26.1. The quantitative estimate of drug-likeness (QED) is 0.555. The molecule has 2 aromatic rings. The third-order valence-electron chi connectivity index (χ3n) is 4.53. The number of hydrogen-bond acceptors (Lipinski definition) is 4. The third-order valence-corrected chi connectivity index (χ3v) is 4.53. The van der Waals surface area contributed by atoms with Gasteiger partial charge in [0.15, 0.2) is 0 Å². The zero-order valence-electron chi connectivity index (χ0n) is 15.6. The highest BCUT2D eigenvalue weighted by Crippen LogP contribution is 2.29. The number of ether oxygens (including phenoxy) is 2. The van der Waals surface area contributed by atoms with Crippen LogP contribution in [0.3, 0.4) is 0 Å². The highest BCUT2D eigenvalue weighted by Gasteiger charge is 2.31. The van der Waals surface area contributed by atoms with Gasteiger partial charge in [-0.25, -0.2) is 4.79 Å². The van der Waals surface area contributed by atoms with Crippen LogP contribution in [0.5, 0.6) is 5.75 Å². The van der Waals surface area contributed by atoms with E-state index in [1.54, 1.807) is 43.5 Å². The smallest absolute Gasteiger partial charge is 0.337 e. The molecule has 27 heavy (non-hydrogen) atoms. The maximum Gasteiger partial charge on any atom is 0.337 e. The van der Waals surface area contributed by atoms with Crippen molar-refractivity contribution >= 4 is 18.0 Å². The van der Waals surface area contributed by atoms with Crippen LogP contribution in [0, 0.1) is 0 Å². The second-order valence-corrected chi connectivity index (χ2v) is 6.49. The maximum absolute atomic E-state index is 12.7. The number of esters is 1.